The maximum Gasteiger partial charge on any atom is 0.0799 e. The van der Waals surface area contributed by atoms with E-state index in [4.69, 9.17) is 5.11 Å². The van der Waals surface area contributed by atoms with Crippen molar-refractivity contribution in [1.82, 2.24) is 0 Å². The Hall–Kier alpha value is -0.820. The molecule has 1 rings (SSSR count). The maximum absolute atomic E-state index is 8.46. The van der Waals surface area contributed by atoms with Gasteiger partial charge in [0, 0.05) is 0 Å². The molecule has 0 amide bonds. The molecule has 1 heteroatoms. The van der Waals surface area contributed by atoms with E-state index in [1.54, 1.807) is 0 Å². The van der Waals surface area contributed by atoms with Crippen molar-refractivity contribution in [3.05, 3.63) is 42.5 Å². The zero-order chi connectivity index (χ0) is 9.36. The van der Waals surface area contributed by atoms with Crippen LogP contribution in [0, 0.1) is 6.61 Å². The highest BCUT2D eigenvalue weighted by atomic mass is 16.2. The van der Waals surface area contributed by atoms with Gasteiger partial charge >= 0.3 is 0 Å². The van der Waals surface area contributed by atoms with E-state index in [1.165, 1.54) is 25.0 Å². The average molecular weight is 177 g/mol. The zero-order valence-electron chi connectivity index (χ0n) is 7.95. The Morgan fingerprint density at radius 2 is 1.77 bits per heavy atom. The van der Waals surface area contributed by atoms with Crippen molar-refractivity contribution in [3.8, 4) is 0 Å². The molecule has 0 aliphatic rings. The molecule has 1 aromatic rings. The molecule has 1 radical (unpaired) electrons. The summed E-state index contributed by atoms with van der Waals surface area (Å²) >= 11 is 0. The molecule has 0 bridgehead atoms. The topological polar surface area (TPSA) is 20.2 Å². The first kappa shape index (κ1) is 10.3. The van der Waals surface area contributed by atoms with Crippen LogP contribution in [0.4, 0.5) is 0 Å². The largest absolute Gasteiger partial charge is 0.390 e. The predicted molar refractivity (Wildman–Crippen MR) is 54.8 cm³/mol. The molecule has 1 nitrogen and oxygen atoms in total. The van der Waals surface area contributed by atoms with Gasteiger partial charge in [-0.15, -0.1) is 0 Å². The van der Waals surface area contributed by atoms with Crippen LogP contribution >= 0.6 is 0 Å². The van der Waals surface area contributed by atoms with Crippen LogP contribution in [-0.4, -0.2) is 5.11 Å². The Morgan fingerprint density at radius 1 is 1.00 bits per heavy atom. The standard InChI is InChI=1S/C12H17O/c13-11-7-2-1-4-8-12-9-5-3-6-10-12/h3,5-6,9-11,13H,1-2,4,7-8H2. The number of hydrogen-bond donors (Lipinski definition) is 1. The molecule has 0 saturated heterocycles. The lowest BCUT2D eigenvalue weighted by atomic mass is 10.1. The summed E-state index contributed by atoms with van der Waals surface area (Å²) in [5.74, 6) is 0. The third kappa shape index (κ3) is 4.69. The van der Waals surface area contributed by atoms with E-state index in [0.29, 0.717) is 0 Å². The van der Waals surface area contributed by atoms with Crippen molar-refractivity contribution in [3.63, 3.8) is 0 Å². The summed E-state index contributed by atoms with van der Waals surface area (Å²) in [5.41, 5.74) is 1.41. The number of benzene rings is 1. The number of unbranched alkanes of at least 4 members (excludes halogenated alkanes) is 3. The monoisotopic (exact) mass is 177 g/mol. The lowest BCUT2D eigenvalue weighted by Gasteiger charge is -2.00. The Bertz CT molecular complexity index is 206. The van der Waals surface area contributed by atoms with Crippen molar-refractivity contribution in [2.45, 2.75) is 32.1 Å². The molecule has 0 atom stereocenters. The Morgan fingerprint density at radius 3 is 2.46 bits per heavy atom. The molecule has 13 heavy (non-hydrogen) atoms. The third-order valence-electron chi connectivity index (χ3n) is 2.14. The van der Waals surface area contributed by atoms with Crippen LogP contribution < -0.4 is 0 Å². The summed E-state index contributed by atoms with van der Waals surface area (Å²) in [5, 5.41) is 8.46. The zero-order valence-corrected chi connectivity index (χ0v) is 7.95. The summed E-state index contributed by atoms with van der Waals surface area (Å²) in [6, 6.07) is 10.5. The molecule has 71 valence electrons. The fraction of sp³-hybridized carbons (Fsp3) is 0.417. The fourth-order valence-corrected chi connectivity index (χ4v) is 1.39. The summed E-state index contributed by atoms with van der Waals surface area (Å²) in [7, 11) is 0. The fourth-order valence-electron chi connectivity index (χ4n) is 1.39. The molecule has 1 N–H and O–H groups in total. The molecule has 0 fully saturated rings. The first-order valence-corrected chi connectivity index (χ1v) is 4.93. The van der Waals surface area contributed by atoms with Crippen LogP contribution in [0.1, 0.15) is 31.2 Å². The first-order valence-electron chi connectivity index (χ1n) is 4.93. The number of rotatable bonds is 6. The van der Waals surface area contributed by atoms with Gasteiger partial charge in [0.2, 0.25) is 0 Å². The van der Waals surface area contributed by atoms with Gasteiger partial charge in [0.25, 0.3) is 0 Å². The minimum Gasteiger partial charge on any atom is -0.390 e. The lowest BCUT2D eigenvalue weighted by Crippen LogP contribution is -1.85. The number of aliphatic hydroxyl groups is 1. The molecular formula is C12H17O. The second-order valence-electron chi connectivity index (χ2n) is 3.27. The van der Waals surface area contributed by atoms with Gasteiger partial charge < -0.3 is 5.11 Å². The first-order chi connectivity index (χ1) is 6.43. The van der Waals surface area contributed by atoms with Gasteiger partial charge in [-0.2, -0.15) is 0 Å². The predicted octanol–water partition coefficient (Wildman–Crippen LogP) is 3.32. The Labute approximate surface area is 80.4 Å². The number of aliphatic hydroxyl groups excluding tert-OH is 1. The molecule has 0 heterocycles. The molecule has 0 aliphatic carbocycles. The molecular weight excluding hydrogens is 160 g/mol. The van der Waals surface area contributed by atoms with E-state index < -0.39 is 0 Å². The molecule has 0 saturated carbocycles. The third-order valence-corrected chi connectivity index (χ3v) is 2.14. The van der Waals surface area contributed by atoms with Crippen LogP contribution in [0.3, 0.4) is 0 Å². The Kier molecular flexibility index (Phi) is 5.27. The van der Waals surface area contributed by atoms with E-state index in [2.05, 4.69) is 24.3 Å². The van der Waals surface area contributed by atoms with E-state index in [1.807, 2.05) is 6.07 Å². The minimum absolute atomic E-state index is 0.828. The van der Waals surface area contributed by atoms with Gasteiger partial charge in [-0.25, -0.2) is 0 Å². The minimum atomic E-state index is 0.828. The van der Waals surface area contributed by atoms with Gasteiger partial charge in [-0.3, -0.25) is 0 Å². The normalized spacial score (nSPS) is 10.2. The van der Waals surface area contributed by atoms with Crippen LogP contribution in [0.25, 0.3) is 0 Å². The number of aryl methyl sites for hydroxylation is 1. The van der Waals surface area contributed by atoms with Crippen molar-refractivity contribution >= 4 is 0 Å². The van der Waals surface area contributed by atoms with E-state index >= 15 is 0 Å². The van der Waals surface area contributed by atoms with Gasteiger partial charge in [-0.1, -0.05) is 43.2 Å². The highest BCUT2D eigenvalue weighted by Gasteiger charge is 1.92. The molecule has 0 spiro atoms. The molecule has 0 unspecified atom stereocenters. The summed E-state index contributed by atoms with van der Waals surface area (Å²) in [4.78, 5) is 0. The van der Waals surface area contributed by atoms with Crippen molar-refractivity contribution in [1.29, 1.82) is 0 Å². The summed E-state index contributed by atoms with van der Waals surface area (Å²) < 4.78 is 0. The smallest absolute Gasteiger partial charge is 0.0799 e. The van der Waals surface area contributed by atoms with Crippen molar-refractivity contribution < 1.29 is 5.11 Å². The summed E-state index contributed by atoms with van der Waals surface area (Å²) in [6.45, 7) is 1.25. The van der Waals surface area contributed by atoms with E-state index in [0.717, 1.165) is 19.3 Å². The average Bonchev–Trinajstić information content (AvgIpc) is 2.19. The number of hydrogen-bond acceptors (Lipinski definition) is 1. The second-order valence-corrected chi connectivity index (χ2v) is 3.27. The molecule has 0 aliphatic heterocycles. The van der Waals surface area contributed by atoms with Gasteiger partial charge in [0.15, 0.2) is 0 Å². The quantitative estimate of drug-likeness (QED) is 0.661. The maximum atomic E-state index is 8.46. The van der Waals surface area contributed by atoms with Gasteiger partial charge in [0.05, 0.1) is 6.61 Å². The van der Waals surface area contributed by atoms with Gasteiger partial charge in [-0.05, 0) is 24.8 Å². The van der Waals surface area contributed by atoms with Crippen molar-refractivity contribution in [2.75, 3.05) is 0 Å². The summed E-state index contributed by atoms with van der Waals surface area (Å²) in [6.07, 6.45) is 5.51. The molecule has 1 aromatic carbocycles. The highest BCUT2D eigenvalue weighted by molar-refractivity contribution is 5.14. The van der Waals surface area contributed by atoms with Crippen LogP contribution in [0.5, 0.6) is 0 Å². The van der Waals surface area contributed by atoms with Crippen LogP contribution in [0.15, 0.2) is 30.3 Å². The Balaban J connectivity index is 2.07. The SMILES string of the molecule is O[CH]CCCCCc1ccccc1. The highest BCUT2D eigenvalue weighted by Crippen LogP contribution is 2.07. The van der Waals surface area contributed by atoms with Crippen molar-refractivity contribution in [2.24, 2.45) is 0 Å². The van der Waals surface area contributed by atoms with Gasteiger partial charge in [0.1, 0.15) is 0 Å². The lowest BCUT2D eigenvalue weighted by molar-refractivity contribution is 0.367. The van der Waals surface area contributed by atoms with E-state index in [-0.39, 0.29) is 0 Å². The molecule has 0 aromatic heterocycles. The van der Waals surface area contributed by atoms with E-state index in [9.17, 15) is 0 Å². The second kappa shape index (κ2) is 6.67. The van der Waals surface area contributed by atoms with Crippen LogP contribution in [0.2, 0.25) is 0 Å². The van der Waals surface area contributed by atoms with Crippen LogP contribution in [-0.2, 0) is 6.42 Å².